The first-order valence-corrected chi connectivity index (χ1v) is 5.85. The van der Waals surface area contributed by atoms with Crippen molar-refractivity contribution in [2.45, 2.75) is 52.9 Å². The van der Waals surface area contributed by atoms with Crippen LogP contribution in [-0.2, 0) is 0 Å². The topological polar surface area (TPSA) is 0 Å². The summed E-state index contributed by atoms with van der Waals surface area (Å²) >= 11 is 0. The van der Waals surface area contributed by atoms with Gasteiger partial charge in [-0.25, -0.2) is 0 Å². The van der Waals surface area contributed by atoms with E-state index in [9.17, 15) is 0 Å². The zero-order chi connectivity index (χ0) is 10.4. The Labute approximate surface area is 88.4 Å². The van der Waals surface area contributed by atoms with Crippen LogP contribution in [0.25, 0.3) is 0 Å². The van der Waals surface area contributed by atoms with E-state index in [2.05, 4.69) is 39.0 Å². The van der Waals surface area contributed by atoms with Gasteiger partial charge in [-0.15, -0.1) is 0 Å². The molecule has 0 aromatic carbocycles. The Hall–Kier alpha value is -0.780. The van der Waals surface area contributed by atoms with E-state index in [0.29, 0.717) is 0 Å². The molecule has 0 saturated carbocycles. The highest BCUT2D eigenvalue weighted by Gasteiger charge is 2.10. The van der Waals surface area contributed by atoms with Crippen molar-refractivity contribution in [1.82, 2.24) is 0 Å². The molecule has 0 aliphatic heterocycles. The van der Waals surface area contributed by atoms with Gasteiger partial charge < -0.3 is 0 Å². The summed E-state index contributed by atoms with van der Waals surface area (Å²) in [7, 11) is 0. The molecular formula is C14H22. The van der Waals surface area contributed by atoms with E-state index >= 15 is 0 Å². The lowest BCUT2D eigenvalue weighted by Gasteiger charge is -2.04. The fourth-order valence-corrected chi connectivity index (χ4v) is 1.86. The molecule has 0 spiro atoms. The molecule has 0 radical (unpaired) electrons. The van der Waals surface area contributed by atoms with E-state index in [1.807, 2.05) is 0 Å². The van der Waals surface area contributed by atoms with Gasteiger partial charge in [-0.2, -0.15) is 0 Å². The van der Waals surface area contributed by atoms with Gasteiger partial charge in [-0.1, -0.05) is 44.1 Å². The third kappa shape index (κ3) is 2.87. The molecule has 0 unspecified atom stereocenters. The van der Waals surface area contributed by atoms with Crippen LogP contribution in [0, 0.1) is 0 Å². The second kappa shape index (κ2) is 5.85. The van der Waals surface area contributed by atoms with Crippen LogP contribution in [0.4, 0.5) is 0 Å². The molecular weight excluding hydrogens is 168 g/mol. The van der Waals surface area contributed by atoms with Crippen molar-refractivity contribution in [2.75, 3.05) is 0 Å². The number of hydrogen-bond acceptors (Lipinski definition) is 0. The largest absolute Gasteiger partial charge is 0.0842 e. The minimum absolute atomic E-state index is 1.14. The summed E-state index contributed by atoms with van der Waals surface area (Å²) in [6.45, 7) is 6.70. The van der Waals surface area contributed by atoms with Crippen LogP contribution in [0.1, 0.15) is 52.9 Å². The molecule has 0 fully saturated rings. The maximum absolute atomic E-state index is 2.40. The van der Waals surface area contributed by atoms with Gasteiger partial charge in [0.05, 0.1) is 0 Å². The van der Waals surface area contributed by atoms with Gasteiger partial charge in [0.1, 0.15) is 0 Å². The van der Waals surface area contributed by atoms with E-state index in [0.717, 1.165) is 6.42 Å². The predicted molar refractivity (Wildman–Crippen MR) is 64.4 cm³/mol. The van der Waals surface area contributed by atoms with Gasteiger partial charge in [0.2, 0.25) is 0 Å². The fraction of sp³-hybridized carbons (Fsp3) is 0.571. The van der Waals surface area contributed by atoms with Gasteiger partial charge in [-0.05, 0) is 43.8 Å². The normalized spacial score (nSPS) is 16.9. The first-order chi connectivity index (χ1) is 6.79. The van der Waals surface area contributed by atoms with E-state index in [4.69, 9.17) is 0 Å². The van der Waals surface area contributed by atoms with Crippen LogP contribution in [0.5, 0.6) is 0 Å². The summed E-state index contributed by atoms with van der Waals surface area (Å²) in [5.74, 6) is 0. The second-order valence-electron chi connectivity index (χ2n) is 4.04. The zero-order valence-electron chi connectivity index (χ0n) is 9.77. The Bertz CT molecular complexity index is 264. The highest BCUT2D eigenvalue weighted by Crippen LogP contribution is 2.30. The lowest BCUT2D eigenvalue weighted by molar-refractivity contribution is 0.794. The van der Waals surface area contributed by atoms with Crippen molar-refractivity contribution >= 4 is 0 Å². The van der Waals surface area contributed by atoms with Crippen LogP contribution >= 0.6 is 0 Å². The van der Waals surface area contributed by atoms with Crippen LogP contribution in [0.3, 0.4) is 0 Å². The average molecular weight is 190 g/mol. The first-order valence-electron chi connectivity index (χ1n) is 5.85. The molecule has 0 atom stereocenters. The quantitative estimate of drug-likeness (QED) is 0.584. The zero-order valence-corrected chi connectivity index (χ0v) is 9.77. The lowest BCUT2D eigenvalue weighted by atomic mass is 10.0. The SMILES string of the molecule is CCC=CC1=C(C)CC=C1CCCC. The summed E-state index contributed by atoms with van der Waals surface area (Å²) in [5.41, 5.74) is 4.63. The molecule has 0 aromatic heterocycles. The van der Waals surface area contributed by atoms with Crippen molar-refractivity contribution in [1.29, 1.82) is 0 Å². The Morgan fingerprint density at radius 3 is 2.79 bits per heavy atom. The molecule has 0 saturated heterocycles. The molecule has 1 rings (SSSR count). The van der Waals surface area contributed by atoms with Gasteiger partial charge >= 0.3 is 0 Å². The smallest absolute Gasteiger partial charge is 0.0126 e. The molecule has 0 nitrogen and oxygen atoms in total. The van der Waals surface area contributed by atoms with Gasteiger partial charge in [0.25, 0.3) is 0 Å². The first kappa shape index (κ1) is 11.3. The van der Waals surface area contributed by atoms with Crippen molar-refractivity contribution in [3.05, 3.63) is 34.9 Å². The van der Waals surface area contributed by atoms with Crippen LogP contribution in [0.15, 0.2) is 34.9 Å². The van der Waals surface area contributed by atoms with Crippen LogP contribution < -0.4 is 0 Å². The standard InChI is InChI=1S/C14H22/c1-4-6-8-13-11-10-12(3)14(13)9-7-5-2/h7,9,11H,4-6,8,10H2,1-3H3. The maximum Gasteiger partial charge on any atom is -0.0126 e. The number of unbranched alkanes of at least 4 members (excludes halogenated alkanes) is 1. The van der Waals surface area contributed by atoms with Gasteiger partial charge in [-0.3, -0.25) is 0 Å². The van der Waals surface area contributed by atoms with E-state index in [-0.39, 0.29) is 0 Å². The third-order valence-electron chi connectivity index (χ3n) is 2.78. The maximum atomic E-state index is 2.40. The molecule has 0 N–H and O–H groups in total. The molecule has 0 amide bonds. The van der Waals surface area contributed by atoms with Gasteiger partial charge in [0.15, 0.2) is 0 Å². The number of allylic oxidation sites excluding steroid dienone is 6. The molecule has 0 bridgehead atoms. The highest BCUT2D eigenvalue weighted by molar-refractivity contribution is 5.48. The summed E-state index contributed by atoms with van der Waals surface area (Å²) in [4.78, 5) is 0. The van der Waals surface area contributed by atoms with Crippen molar-refractivity contribution in [2.24, 2.45) is 0 Å². The minimum Gasteiger partial charge on any atom is -0.0842 e. The van der Waals surface area contributed by atoms with E-state index in [1.165, 1.54) is 31.3 Å². The monoisotopic (exact) mass is 190 g/mol. The van der Waals surface area contributed by atoms with E-state index in [1.54, 1.807) is 11.1 Å². The summed E-state index contributed by atoms with van der Waals surface area (Å²) in [5, 5.41) is 0. The molecule has 0 heterocycles. The Balaban J connectivity index is 2.63. The van der Waals surface area contributed by atoms with Crippen LogP contribution in [-0.4, -0.2) is 0 Å². The Morgan fingerprint density at radius 1 is 1.36 bits per heavy atom. The highest BCUT2D eigenvalue weighted by atomic mass is 14.2. The van der Waals surface area contributed by atoms with Crippen molar-refractivity contribution in [3.63, 3.8) is 0 Å². The van der Waals surface area contributed by atoms with E-state index < -0.39 is 0 Å². The van der Waals surface area contributed by atoms with Crippen molar-refractivity contribution < 1.29 is 0 Å². The summed E-state index contributed by atoms with van der Waals surface area (Å²) in [6.07, 6.45) is 13.2. The lowest BCUT2D eigenvalue weighted by Crippen LogP contribution is -1.85. The molecule has 78 valence electrons. The third-order valence-corrected chi connectivity index (χ3v) is 2.78. The predicted octanol–water partition coefficient (Wildman–Crippen LogP) is 4.79. The molecule has 0 heteroatoms. The molecule has 14 heavy (non-hydrogen) atoms. The Morgan fingerprint density at radius 2 is 2.14 bits per heavy atom. The second-order valence-corrected chi connectivity index (χ2v) is 4.04. The molecule has 0 aromatic rings. The van der Waals surface area contributed by atoms with Crippen molar-refractivity contribution in [3.8, 4) is 0 Å². The number of rotatable bonds is 5. The average Bonchev–Trinajstić information content (AvgIpc) is 2.53. The van der Waals surface area contributed by atoms with Gasteiger partial charge in [0, 0.05) is 0 Å². The molecule has 1 aliphatic carbocycles. The number of hydrogen-bond donors (Lipinski definition) is 0. The minimum atomic E-state index is 1.14. The van der Waals surface area contributed by atoms with Crippen LogP contribution in [0.2, 0.25) is 0 Å². The summed E-state index contributed by atoms with van der Waals surface area (Å²) < 4.78 is 0. The summed E-state index contributed by atoms with van der Waals surface area (Å²) in [6, 6.07) is 0. The fourth-order valence-electron chi connectivity index (χ4n) is 1.86. The Kier molecular flexibility index (Phi) is 4.72. The molecule has 1 aliphatic rings.